The molecule has 4 nitrogen and oxygen atoms in total. The molecule has 94 valence electrons. The Balaban J connectivity index is 2.09. The Hall–Kier alpha value is -1.62. The van der Waals surface area contributed by atoms with E-state index < -0.39 is 0 Å². The summed E-state index contributed by atoms with van der Waals surface area (Å²) in [6, 6.07) is 6.30. The number of nitrogens with one attached hydrogen (secondary N) is 1. The number of amides is 1. The van der Waals surface area contributed by atoms with E-state index in [1.807, 2.05) is 0 Å². The number of unbranched alkanes of at least 4 members (excludes halogenated alkanes) is 2. The average molecular weight is 240 g/mol. The zero-order valence-corrected chi connectivity index (χ0v) is 9.62. The van der Waals surface area contributed by atoms with Crippen LogP contribution in [-0.4, -0.2) is 12.5 Å². The van der Waals surface area contributed by atoms with Crippen LogP contribution < -0.4 is 16.0 Å². The van der Waals surface area contributed by atoms with Crippen molar-refractivity contribution in [2.45, 2.75) is 25.7 Å². The molecule has 5 heteroatoms. The van der Waals surface area contributed by atoms with Gasteiger partial charge in [-0.05, 0) is 31.4 Å². The highest BCUT2D eigenvalue weighted by atomic mass is 19.1. The molecule has 0 saturated heterocycles. The smallest absolute Gasteiger partial charge is 0.233 e. The number of hydrogen-bond donors (Lipinski definition) is 2. The van der Waals surface area contributed by atoms with E-state index in [1.54, 1.807) is 18.2 Å². The van der Waals surface area contributed by atoms with Crippen LogP contribution in [0.3, 0.4) is 0 Å². The number of nitrogens with two attached hydrogens (primary N) is 1. The van der Waals surface area contributed by atoms with Gasteiger partial charge < -0.3 is 4.74 Å². The van der Waals surface area contributed by atoms with Crippen LogP contribution in [0.4, 0.5) is 4.39 Å². The Morgan fingerprint density at radius 1 is 1.29 bits per heavy atom. The van der Waals surface area contributed by atoms with Crippen LogP contribution in [0.25, 0.3) is 0 Å². The third-order valence-corrected chi connectivity index (χ3v) is 2.30. The maximum absolute atomic E-state index is 13.1. The number of carbonyl (C=O) groups is 1. The molecule has 0 spiro atoms. The first-order valence-electron chi connectivity index (χ1n) is 5.61. The van der Waals surface area contributed by atoms with Crippen LogP contribution in [0.2, 0.25) is 0 Å². The van der Waals surface area contributed by atoms with E-state index in [0.29, 0.717) is 13.0 Å². The maximum atomic E-state index is 13.1. The monoisotopic (exact) mass is 240 g/mol. The summed E-state index contributed by atoms with van der Waals surface area (Å²) < 4.78 is 18.4. The second kappa shape index (κ2) is 7.62. The van der Waals surface area contributed by atoms with Crippen molar-refractivity contribution in [3.8, 4) is 5.75 Å². The fourth-order valence-corrected chi connectivity index (χ4v) is 1.38. The number of rotatable bonds is 7. The Morgan fingerprint density at radius 3 is 2.76 bits per heavy atom. The number of hydrazine groups is 1. The number of carbonyl (C=O) groups excluding carboxylic acids is 1. The Labute approximate surface area is 99.9 Å². The largest absolute Gasteiger partial charge is 0.491 e. The van der Waals surface area contributed by atoms with Crippen molar-refractivity contribution in [2.75, 3.05) is 6.61 Å². The summed E-state index contributed by atoms with van der Waals surface area (Å²) in [7, 11) is 0. The topological polar surface area (TPSA) is 64.3 Å². The summed E-state index contributed by atoms with van der Waals surface area (Å²) >= 11 is 0. The molecule has 0 saturated carbocycles. The molecule has 0 bridgehead atoms. The van der Waals surface area contributed by atoms with Gasteiger partial charge in [0.15, 0.2) is 11.6 Å². The van der Waals surface area contributed by atoms with E-state index in [4.69, 9.17) is 10.6 Å². The van der Waals surface area contributed by atoms with Gasteiger partial charge in [-0.1, -0.05) is 12.1 Å². The minimum atomic E-state index is -0.352. The second-order valence-electron chi connectivity index (χ2n) is 3.66. The predicted molar refractivity (Wildman–Crippen MR) is 62.7 cm³/mol. The number of para-hydroxylation sites is 1. The van der Waals surface area contributed by atoms with Gasteiger partial charge in [0.1, 0.15) is 0 Å². The minimum Gasteiger partial charge on any atom is -0.491 e. The van der Waals surface area contributed by atoms with E-state index in [1.165, 1.54) is 6.07 Å². The molecular formula is C12H17FN2O2. The van der Waals surface area contributed by atoms with E-state index >= 15 is 0 Å². The van der Waals surface area contributed by atoms with E-state index in [2.05, 4.69) is 5.43 Å². The zero-order chi connectivity index (χ0) is 12.5. The van der Waals surface area contributed by atoms with Crippen molar-refractivity contribution in [3.05, 3.63) is 30.1 Å². The lowest BCUT2D eigenvalue weighted by Crippen LogP contribution is -2.29. The van der Waals surface area contributed by atoms with Gasteiger partial charge in [-0.15, -0.1) is 0 Å². The molecule has 3 N–H and O–H groups in total. The average Bonchev–Trinajstić information content (AvgIpc) is 2.35. The summed E-state index contributed by atoms with van der Waals surface area (Å²) in [6.45, 7) is 0.450. The summed E-state index contributed by atoms with van der Waals surface area (Å²) in [5.74, 6) is 4.69. The van der Waals surface area contributed by atoms with E-state index in [0.717, 1.165) is 19.3 Å². The van der Waals surface area contributed by atoms with Gasteiger partial charge in [0, 0.05) is 6.42 Å². The first-order valence-corrected chi connectivity index (χ1v) is 5.61. The van der Waals surface area contributed by atoms with Crippen LogP contribution in [-0.2, 0) is 4.79 Å². The molecule has 17 heavy (non-hydrogen) atoms. The Kier molecular flexibility index (Phi) is 6.03. The zero-order valence-electron chi connectivity index (χ0n) is 9.62. The van der Waals surface area contributed by atoms with Gasteiger partial charge in [0.2, 0.25) is 5.91 Å². The summed E-state index contributed by atoms with van der Waals surface area (Å²) in [6.07, 6.45) is 2.80. The third-order valence-electron chi connectivity index (χ3n) is 2.30. The normalized spacial score (nSPS) is 10.0. The van der Waals surface area contributed by atoms with Crippen LogP contribution in [0.1, 0.15) is 25.7 Å². The van der Waals surface area contributed by atoms with Gasteiger partial charge in [0.05, 0.1) is 6.61 Å². The summed E-state index contributed by atoms with van der Waals surface area (Å²) in [5, 5.41) is 0. The van der Waals surface area contributed by atoms with Gasteiger partial charge >= 0.3 is 0 Å². The fourth-order valence-electron chi connectivity index (χ4n) is 1.38. The Bertz CT molecular complexity index is 358. The van der Waals surface area contributed by atoms with Crippen LogP contribution in [0.15, 0.2) is 24.3 Å². The van der Waals surface area contributed by atoms with Crippen molar-refractivity contribution in [2.24, 2.45) is 5.84 Å². The molecular weight excluding hydrogens is 223 g/mol. The molecule has 1 aromatic rings. The first-order chi connectivity index (χ1) is 8.24. The fraction of sp³-hybridized carbons (Fsp3) is 0.417. The number of halogens is 1. The lowest BCUT2D eigenvalue weighted by Gasteiger charge is -2.06. The highest BCUT2D eigenvalue weighted by molar-refractivity contribution is 5.74. The molecule has 1 amide bonds. The first kappa shape index (κ1) is 13.4. The lowest BCUT2D eigenvalue weighted by molar-refractivity contribution is -0.121. The van der Waals surface area contributed by atoms with Crippen LogP contribution >= 0.6 is 0 Å². The summed E-state index contributed by atoms with van der Waals surface area (Å²) in [5.41, 5.74) is 2.07. The number of benzene rings is 1. The Morgan fingerprint density at radius 2 is 2.06 bits per heavy atom. The van der Waals surface area contributed by atoms with Crippen molar-refractivity contribution in [1.29, 1.82) is 0 Å². The minimum absolute atomic E-state index is 0.167. The van der Waals surface area contributed by atoms with E-state index in [-0.39, 0.29) is 17.5 Å². The third kappa shape index (κ3) is 5.31. The molecule has 0 heterocycles. The molecule has 0 fully saturated rings. The van der Waals surface area contributed by atoms with Crippen LogP contribution in [0.5, 0.6) is 5.75 Å². The molecule has 0 aliphatic carbocycles. The van der Waals surface area contributed by atoms with Crippen molar-refractivity contribution >= 4 is 5.91 Å². The molecule has 0 aromatic heterocycles. The quantitative estimate of drug-likeness (QED) is 0.330. The van der Waals surface area contributed by atoms with Gasteiger partial charge in [-0.25, -0.2) is 10.2 Å². The van der Waals surface area contributed by atoms with Gasteiger partial charge in [-0.3, -0.25) is 10.2 Å². The van der Waals surface area contributed by atoms with Crippen molar-refractivity contribution < 1.29 is 13.9 Å². The molecule has 0 atom stereocenters. The maximum Gasteiger partial charge on any atom is 0.233 e. The molecule has 1 rings (SSSR count). The highest BCUT2D eigenvalue weighted by Gasteiger charge is 2.01. The molecule has 1 aromatic carbocycles. The number of ether oxygens (including phenoxy) is 1. The highest BCUT2D eigenvalue weighted by Crippen LogP contribution is 2.15. The van der Waals surface area contributed by atoms with Gasteiger partial charge in [-0.2, -0.15) is 0 Å². The lowest BCUT2D eigenvalue weighted by atomic mass is 10.2. The van der Waals surface area contributed by atoms with Crippen molar-refractivity contribution in [1.82, 2.24) is 5.43 Å². The molecule has 0 aliphatic heterocycles. The summed E-state index contributed by atoms with van der Waals surface area (Å²) in [4.78, 5) is 10.8. The molecule has 0 aliphatic rings. The predicted octanol–water partition coefficient (Wildman–Crippen LogP) is 1.75. The molecule has 0 unspecified atom stereocenters. The second-order valence-corrected chi connectivity index (χ2v) is 3.66. The van der Waals surface area contributed by atoms with Gasteiger partial charge in [0.25, 0.3) is 0 Å². The molecule has 0 radical (unpaired) electrons. The van der Waals surface area contributed by atoms with Crippen molar-refractivity contribution in [3.63, 3.8) is 0 Å². The SMILES string of the molecule is NNC(=O)CCCCCOc1ccccc1F. The number of hydrogen-bond acceptors (Lipinski definition) is 3. The van der Waals surface area contributed by atoms with E-state index in [9.17, 15) is 9.18 Å². The standard InChI is InChI=1S/C12H17FN2O2/c13-10-6-3-4-7-11(10)17-9-5-1-2-8-12(16)15-14/h3-4,6-7H,1-2,5,8-9,14H2,(H,15,16). The van der Waals surface area contributed by atoms with Crippen LogP contribution in [0, 0.1) is 5.82 Å².